The summed E-state index contributed by atoms with van der Waals surface area (Å²) < 4.78 is 4.88. The Morgan fingerprint density at radius 1 is 1.19 bits per heavy atom. The second kappa shape index (κ2) is 9.79. The van der Waals surface area contributed by atoms with E-state index in [1.165, 1.54) is 36.0 Å². The molecular weight excluding hydrogens is 380 g/mol. The molecule has 136 valence electrons. The van der Waals surface area contributed by atoms with Crippen molar-refractivity contribution in [3.8, 4) is 0 Å². The van der Waals surface area contributed by atoms with Crippen molar-refractivity contribution in [2.45, 2.75) is 5.75 Å². The summed E-state index contributed by atoms with van der Waals surface area (Å²) >= 11 is 7.35. The van der Waals surface area contributed by atoms with E-state index in [9.17, 15) is 19.7 Å². The third-order valence-corrected chi connectivity index (χ3v) is 4.46. The topological polar surface area (TPSA) is 98.5 Å². The predicted molar refractivity (Wildman–Crippen MR) is 100 cm³/mol. The maximum absolute atomic E-state index is 11.8. The number of carbonyl (C=O) groups is 2. The Morgan fingerprint density at radius 3 is 2.69 bits per heavy atom. The molecule has 0 saturated heterocycles. The number of carbonyl (C=O) groups excluding carboxylic acids is 2. The van der Waals surface area contributed by atoms with Gasteiger partial charge in [0.2, 0.25) is 0 Å². The number of esters is 1. The van der Waals surface area contributed by atoms with Gasteiger partial charge in [0.05, 0.1) is 10.7 Å². The molecular formula is C17H15ClN2O5S. The second-order valence-electron chi connectivity index (χ2n) is 5.10. The molecule has 26 heavy (non-hydrogen) atoms. The molecule has 0 aliphatic heterocycles. The molecule has 9 heteroatoms. The number of hydrogen-bond acceptors (Lipinski definition) is 6. The van der Waals surface area contributed by atoms with Crippen LogP contribution in [0.15, 0.2) is 48.5 Å². The maximum Gasteiger partial charge on any atom is 0.316 e. The molecule has 0 aromatic heterocycles. The number of nitrogens with one attached hydrogen (secondary N) is 1. The molecule has 0 aliphatic carbocycles. The number of hydrogen-bond donors (Lipinski definition) is 1. The molecule has 0 radical (unpaired) electrons. The number of nitrogens with zero attached hydrogens (tertiary/aromatic N) is 1. The Balaban J connectivity index is 1.71. The quantitative estimate of drug-likeness (QED) is 0.416. The lowest BCUT2D eigenvalue weighted by atomic mass is 10.2. The van der Waals surface area contributed by atoms with Crippen molar-refractivity contribution in [2.75, 3.05) is 17.7 Å². The van der Waals surface area contributed by atoms with Crippen molar-refractivity contribution < 1.29 is 19.2 Å². The fourth-order valence-electron chi connectivity index (χ4n) is 1.94. The number of anilines is 1. The molecule has 0 fully saturated rings. The van der Waals surface area contributed by atoms with E-state index >= 15 is 0 Å². The van der Waals surface area contributed by atoms with E-state index in [1.807, 2.05) is 18.2 Å². The SMILES string of the molecule is O=C(COC(=O)CSCc1ccccc1Cl)Nc1cccc([N+](=O)[O-])c1. The summed E-state index contributed by atoms with van der Waals surface area (Å²) in [5.41, 5.74) is 1.03. The Morgan fingerprint density at radius 2 is 1.96 bits per heavy atom. The Labute approximate surface area is 158 Å². The van der Waals surface area contributed by atoms with Gasteiger partial charge in [-0.05, 0) is 17.7 Å². The predicted octanol–water partition coefficient (Wildman–Crippen LogP) is 3.66. The minimum atomic E-state index is -0.574. The van der Waals surface area contributed by atoms with Crippen molar-refractivity contribution in [2.24, 2.45) is 0 Å². The summed E-state index contributed by atoms with van der Waals surface area (Å²) in [6.07, 6.45) is 0. The number of halogens is 1. The zero-order valence-corrected chi connectivity index (χ0v) is 15.1. The Hall–Kier alpha value is -2.58. The molecule has 0 saturated carbocycles. The first-order valence-corrected chi connectivity index (χ1v) is 9.00. The highest BCUT2D eigenvalue weighted by Crippen LogP contribution is 2.20. The number of thioether (sulfide) groups is 1. The van der Waals surface area contributed by atoms with Crippen LogP contribution in [-0.2, 0) is 20.1 Å². The van der Waals surface area contributed by atoms with Gasteiger partial charge < -0.3 is 10.1 Å². The van der Waals surface area contributed by atoms with Gasteiger partial charge in [-0.2, -0.15) is 0 Å². The smallest absolute Gasteiger partial charge is 0.316 e. The van der Waals surface area contributed by atoms with Gasteiger partial charge in [0.15, 0.2) is 6.61 Å². The minimum Gasteiger partial charge on any atom is -0.455 e. The second-order valence-corrected chi connectivity index (χ2v) is 6.49. The average Bonchev–Trinajstić information content (AvgIpc) is 2.62. The van der Waals surface area contributed by atoms with Crippen molar-refractivity contribution >= 4 is 46.6 Å². The fraction of sp³-hybridized carbons (Fsp3) is 0.176. The molecule has 0 aliphatic rings. The molecule has 2 aromatic carbocycles. The lowest BCUT2D eigenvalue weighted by molar-refractivity contribution is -0.384. The first-order valence-electron chi connectivity index (χ1n) is 7.47. The molecule has 1 N–H and O–H groups in total. The average molecular weight is 395 g/mol. The molecule has 7 nitrogen and oxygen atoms in total. The highest BCUT2D eigenvalue weighted by atomic mass is 35.5. The van der Waals surface area contributed by atoms with Gasteiger partial charge in [-0.15, -0.1) is 11.8 Å². The maximum atomic E-state index is 11.8. The van der Waals surface area contributed by atoms with Crippen LogP contribution in [0.1, 0.15) is 5.56 Å². The van der Waals surface area contributed by atoms with Crippen molar-refractivity contribution in [3.05, 3.63) is 69.2 Å². The first-order chi connectivity index (χ1) is 12.5. The number of ether oxygens (including phenoxy) is 1. The van der Waals surface area contributed by atoms with Crippen molar-refractivity contribution in [1.29, 1.82) is 0 Å². The highest BCUT2D eigenvalue weighted by molar-refractivity contribution is 7.99. The number of nitro groups is 1. The van der Waals surface area contributed by atoms with Gasteiger partial charge in [0.25, 0.3) is 11.6 Å². The minimum absolute atomic E-state index is 0.0787. The molecule has 0 unspecified atom stereocenters. The fourth-order valence-corrected chi connectivity index (χ4v) is 3.05. The number of amides is 1. The largest absolute Gasteiger partial charge is 0.455 e. The summed E-state index contributed by atoms with van der Waals surface area (Å²) in [5, 5.41) is 13.8. The van der Waals surface area contributed by atoms with Crippen LogP contribution >= 0.6 is 23.4 Å². The highest BCUT2D eigenvalue weighted by Gasteiger charge is 2.11. The molecule has 0 bridgehead atoms. The molecule has 2 aromatic rings. The van der Waals surface area contributed by atoms with E-state index in [1.54, 1.807) is 6.07 Å². The van der Waals surface area contributed by atoms with Crippen LogP contribution in [0.5, 0.6) is 0 Å². The van der Waals surface area contributed by atoms with E-state index in [0.717, 1.165) is 5.56 Å². The van der Waals surface area contributed by atoms with Crippen molar-refractivity contribution in [1.82, 2.24) is 0 Å². The van der Waals surface area contributed by atoms with Gasteiger partial charge >= 0.3 is 5.97 Å². The monoisotopic (exact) mass is 394 g/mol. The number of rotatable bonds is 8. The summed E-state index contributed by atoms with van der Waals surface area (Å²) in [4.78, 5) is 33.6. The summed E-state index contributed by atoms with van der Waals surface area (Å²) in [6, 6.07) is 12.8. The Bertz CT molecular complexity index is 815. The normalized spacial score (nSPS) is 10.2. The van der Waals surface area contributed by atoms with E-state index < -0.39 is 23.4 Å². The summed E-state index contributed by atoms with van der Waals surface area (Å²) in [6.45, 7) is -0.464. The van der Waals surface area contributed by atoms with Crippen LogP contribution in [0.2, 0.25) is 5.02 Å². The standard InChI is InChI=1S/C17H15ClN2O5S/c18-15-7-2-1-4-12(15)10-26-11-17(22)25-9-16(21)19-13-5-3-6-14(8-13)20(23)24/h1-8H,9-11H2,(H,19,21). The van der Waals surface area contributed by atoms with Gasteiger partial charge in [-0.3, -0.25) is 19.7 Å². The lowest BCUT2D eigenvalue weighted by Gasteiger charge is -2.07. The number of benzene rings is 2. The van der Waals surface area contributed by atoms with Gasteiger partial charge in [0.1, 0.15) is 0 Å². The number of nitro benzene ring substituents is 1. The number of non-ortho nitro benzene ring substituents is 1. The van der Waals surface area contributed by atoms with Gasteiger partial charge in [-0.1, -0.05) is 35.9 Å². The summed E-state index contributed by atoms with van der Waals surface area (Å²) in [5.74, 6) is -0.476. The molecule has 2 rings (SSSR count). The van der Waals surface area contributed by atoms with Gasteiger partial charge in [0, 0.05) is 28.6 Å². The Kier molecular flexibility index (Phi) is 7.43. The van der Waals surface area contributed by atoms with Crippen LogP contribution in [-0.4, -0.2) is 29.2 Å². The van der Waals surface area contributed by atoms with Crippen LogP contribution in [0, 0.1) is 10.1 Å². The molecule has 0 heterocycles. The van der Waals surface area contributed by atoms with E-state index in [4.69, 9.17) is 16.3 Å². The van der Waals surface area contributed by atoms with Crippen LogP contribution in [0.25, 0.3) is 0 Å². The summed E-state index contributed by atoms with van der Waals surface area (Å²) in [7, 11) is 0. The molecule has 0 atom stereocenters. The van der Waals surface area contributed by atoms with Gasteiger partial charge in [-0.25, -0.2) is 0 Å². The van der Waals surface area contributed by atoms with E-state index in [0.29, 0.717) is 10.8 Å². The van der Waals surface area contributed by atoms with Crippen LogP contribution in [0.4, 0.5) is 11.4 Å². The molecule has 1 amide bonds. The third-order valence-electron chi connectivity index (χ3n) is 3.14. The first kappa shape index (κ1) is 19.7. The van der Waals surface area contributed by atoms with E-state index in [2.05, 4.69) is 5.32 Å². The van der Waals surface area contributed by atoms with E-state index in [-0.39, 0.29) is 17.1 Å². The third kappa shape index (κ3) is 6.38. The van der Waals surface area contributed by atoms with Crippen LogP contribution < -0.4 is 5.32 Å². The van der Waals surface area contributed by atoms with Crippen LogP contribution in [0.3, 0.4) is 0 Å². The van der Waals surface area contributed by atoms with Crippen molar-refractivity contribution in [3.63, 3.8) is 0 Å². The zero-order valence-electron chi connectivity index (χ0n) is 13.5. The molecule has 0 spiro atoms. The zero-order chi connectivity index (χ0) is 18.9. The lowest BCUT2D eigenvalue weighted by Crippen LogP contribution is -2.21.